The summed E-state index contributed by atoms with van der Waals surface area (Å²) in [6, 6.07) is 6.69. The number of halogens is 4. The molecule has 0 aliphatic carbocycles. The van der Waals surface area contributed by atoms with Crippen LogP contribution in [0.1, 0.15) is 49.3 Å². The molecule has 0 spiro atoms. The van der Waals surface area contributed by atoms with Crippen LogP contribution in [0.3, 0.4) is 0 Å². The number of carbonyl (C=O) groups is 1. The fourth-order valence-corrected chi connectivity index (χ4v) is 4.92. The molecule has 0 amide bonds. The van der Waals surface area contributed by atoms with E-state index in [0.717, 1.165) is 33.6 Å². The average molecular weight is 536 g/mol. The molecule has 0 bridgehead atoms. The van der Waals surface area contributed by atoms with E-state index in [0.29, 0.717) is 17.8 Å². The number of rotatable bonds is 5. The van der Waals surface area contributed by atoms with Crippen molar-refractivity contribution in [2.45, 2.75) is 44.9 Å². The van der Waals surface area contributed by atoms with Crippen molar-refractivity contribution < 1.29 is 27.1 Å². The molecule has 4 nitrogen and oxygen atoms in total. The van der Waals surface area contributed by atoms with Gasteiger partial charge in [0.25, 0.3) is 0 Å². The fourth-order valence-electron chi connectivity index (χ4n) is 4.56. The molecule has 4 rings (SSSR count). The third-order valence-corrected chi connectivity index (χ3v) is 6.47. The highest BCUT2D eigenvalue weighted by molar-refractivity contribution is 9.10. The van der Waals surface area contributed by atoms with E-state index in [9.17, 15) is 9.18 Å². The fraction of sp³-hybridized carbons (Fsp3) is 0.346. The SMILES string of the molecule is COC(=O)/C=C/c1cc(F)c(C2c3oc4ccc(Br)cc4c3CC(C)N2CC(C)(C)F)c(F)c1. The molecule has 0 radical (unpaired) electrons. The molecule has 2 unspecified atom stereocenters. The van der Waals surface area contributed by atoms with E-state index >= 15 is 8.78 Å². The van der Waals surface area contributed by atoms with Gasteiger partial charge in [-0.05, 0) is 69.2 Å². The van der Waals surface area contributed by atoms with Crippen molar-refractivity contribution in [2.75, 3.05) is 13.7 Å². The Hall–Kier alpha value is -2.58. The van der Waals surface area contributed by atoms with Crippen molar-refractivity contribution in [3.8, 4) is 0 Å². The standard InChI is InChI=1S/C26H25BrF3NO3/c1-14-9-18-17-12-16(27)6-7-21(17)34-25(18)24(31(14)13-26(2,3)30)23-19(28)10-15(11-20(23)29)5-8-22(32)33-4/h5-8,10-12,14,24H,9,13H2,1-4H3/b8-5+. The lowest BCUT2D eigenvalue weighted by atomic mass is 9.87. The van der Waals surface area contributed by atoms with Gasteiger partial charge in [-0.2, -0.15) is 0 Å². The van der Waals surface area contributed by atoms with E-state index in [1.54, 1.807) is 11.0 Å². The molecule has 8 heteroatoms. The summed E-state index contributed by atoms with van der Waals surface area (Å²) in [5.74, 6) is -1.85. The molecule has 2 atom stereocenters. The lowest BCUT2D eigenvalue weighted by molar-refractivity contribution is -0.134. The predicted octanol–water partition coefficient (Wildman–Crippen LogP) is 6.74. The number of ether oxygens (including phenoxy) is 1. The highest BCUT2D eigenvalue weighted by atomic mass is 79.9. The molecule has 2 heterocycles. The van der Waals surface area contributed by atoms with E-state index in [-0.39, 0.29) is 23.7 Å². The number of hydrogen-bond donors (Lipinski definition) is 0. The number of alkyl halides is 1. The van der Waals surface area contributed by atoms with Gasteiger partial charge in [0.05, 0.1) is 7.11 Å². The summed E-state index contributed by atoms with van der Waals surface area (Å²) < 4.78 is 57.3. The zero-order valence-electron chi connectivity index (χ0n) is 19.3. The van der Waals surface area contributed by atoms with Crippen molar-refractivity contribution >= 4 is 38.9 Å². The first-order valence-corrected chi connectivity index (χ1v) is 11.7. The van der Waals surface area contributed by atoms with Gasteiger partial charge in [0.2, 0.25) is 0 Å². The third kappa shape index (κ3) is 4.79. The minimum atomic E-state index is -1.60. The Labute approximate surface area is 204 Å². The van der Waals surface area contributed by atoms with Crippen molar-refractivity contribution in [3.63, 3.8) is 0 Å². The molecular weight excluding hydrogens is 511 g/mol. The van der Waals surface area contributed by atoms with Gasteiger partial charge in [-0.1, -0.05) is 15.9 Å². The van der Waals surface area contributed by atoms with E-state index in [1.165, 1.54) is 27.0 Å². The minimum Gasteiger partial charge on any atom is -0.466 e. The monoisotopic (exact) mass is 535 g/mol. The van der Waals surface area contributed by atoms with Crippen LogP contribution in [-0.4, -0.2) is 36.2 Å². The number of methoxy groups -OCH3 is 1. The predicted molar refractivity (Wildman–Crippen MR) is 128 cm³/mol. The molecule has 34 heavy (non-hydrogen) atoms. The summed E-state index contributed by atoms with van der Waals surface area (Å²) in [7, 11) is 1.21. The van der Waals surface area contributed by atoms with Gasteiger partial charge in [-0.15, -0.1) is 0 Å². The smallest absolute Gasteiger partial charge is 0.330 e. The molecule has 0 N–H and O–H groups in total. The molecule has 1 aliphatic heterocycles. The maximum Gasteiger partial charge on any atom is 0.330 e. The summed E-state index contributed by atoms with van der Waals surface area (Å²) >= 11 is 3.47. The van der Waals surface area contributed by atoms with Crippen LogP contribution >= 0.6 is 15.9 Å². The number of hydrogen-bond acceptors (Lipinski definition) is 4. The van der Waals surface area contributed by atoms with Crippen LogP contribution in [0.25, 0.3) is 17.0 Å². The Morgan fingerprint density at radius 2 is 1.94 bits per heavy atom. The maximum atomic E-state index is 15.5. The van der Waals surface area contributed by atoms with Crippen LogP contribution in [0.5, 0.6) is 0 Å². The molecule has 1 aromatic heterocycles. The topological polar surface area (TPSA) is 42.7 Å². The summed E-state index contributed by atoms with van der Waals surface area (Å²) in [5, 5.41) is 0.860. The third-order valence-electron chi connectivity index (χ3n) is 5.98. The van der Waals surface area contributed by atoms with Gasteiger partial charge in [-0.3, -0.25) is 4.90 Å². The van der Waals surface area contributed by atoms with Gasteiger partial charge < -0.3 is 9.15 Å². The van der Waals surface area contributed by atoms with E-state index < -0.39 is 29.3 Å². The number of fused-ring (bicyclic) bond motifs is 3. The first-order valence-electron chi connectivity index (χ1n) is 10.9. The van der Waals surface area contributed by atoms with E-state index in [2.05, 4.69) is 20.7 Å². The van der Waals surface area contributed by atoms with Crippen molar-refractivity contribution in [2.24, 2.45) is 0 Å². The van der Waals surface area contributed by atoms with Gasteiger partial charge in [0, 0.05) is 39.6 Å². The van der Waals surface area contributed by atoms with Gasteiger partial charge >= 0.3 is 5.97 Å². The van der Waals surface area contributed by atoms with Crippen LogP contribution < -0.4 is 0 Å². The molecule has 3 aromatic rings. The number of furan rings is 1. The Balaban J connectivity index is 1.90. The van der Waals surface area contributed by atoms with Gasteiger partial charge in [0.15, 0.2) is 0 Å². The highest BCUT2D eigenvalue weighted by Gasteiger charge is 2.42. The molecule has 0 saturated heterocycles. The maximum absolute atomic E-state index is 15.5. The van der Waals surface area contributed by atoms with E-state index in [4.69, 9.17) is 4.42 Å². The van der Waals surface area contributed by atoms with Crippen molar-refractivity contribution in [3.05, 3.63) is 75.0 Å². The summed E-state index contributed by atoms with van der Waals surface area (Å²) in [4.78, 5) is 13.1. The normalized spacial score (nSPS) is 19.1. The highest BCUT2D eigenvalue weighted by Crippen LogP contribution is 2.45. The molecule has 180 valence electrons. The quantitative estimate of drug-likeness (QED) is 0.268. The zero-order valence-corrected chi connectivity index (χ0v) is 20.9. The molecule has 2 aromatic carbocycles. The number of nitrogens with zero attached hydrogens (tertiary/aromatic N) is 1. The van der Waals surface area contributed by atoms with Crippen LogP contribution in [0, 0.1) is 11.6 Å². The Morgan fingerprint density at radius 3 is 2.56 bits per heavy atom. The van der Waals surface area contributed by atoms with E-state index in [1.807, 2.05) is 19.1 Å². The van der Waals surface area contributed by atoms with Crippen molar-refractivity contribution in [1.82, 2.24) is 4.90 Å². The number of benzene rings is 2. The number of esters is 1. The van der Waals surface area contributed by atoms with Crippen molar-refractivity contribution in [1.29, 1.82) is 0 Å². The Bertz CT molecular complexity index is 1260. The molecule has 0 saturated carbocycles. The average Bonchev–Trinajstić information content (AvgIpc) is 3.09. The summed E-state index contributed by atoms with van der Waals surface area (Å²) in [5.41, 5.74) is -0.195. The van der Waals surface area contributed by atoms with Gasteiger partial charge in [-0.25, -0.2) is 18.0 Å². The summed E-state index contributed by atoms with van der Waals surface area (Å²) in [6.07, 6.45) is 2.91. The summed E-state index contributed by atoms with van der Waals surface area (Å²) in [6.45, 7) is 4.76. The van der Waals surface area contributed by atoms with Crippen LogP contribution in [-0.2, 0) is 16.0 Å². The first kappa shape index (κ1) is 24.5. The number of carbonyl (C=O) groups excluding carboxylic acids is 1. The lowest BCUT2D eigenvalue weighted by Crippen LogP contribution is -2.48. The molecule has 1 aliphatic rings. The Kier molecular flexibility index (Phi) is 6.66. The Morgan fingerprint density at radius 1 is 1.26 bits per heavy atom. The zero-order chi connectivity index (χ0) is 24.8. The van der Waals surface area contributed by atoms with Gasteiger partial charge in [0.1, 0.15) is 34.7 Å². The second-order valence-electron chi connectivity index (χ2n) is 9.19. The van der Waals surface area contributed by atoms with Crippen LogP contribution in [0.4, 0.5) is 13.2 Å². The largest absolute Gasteiger partial charge is 0.466 e. The second-order valence-corrected chi connectivity index (χ2v) is 10.1. The minimum absolute atomic E-state index is 0.0398. The molecular formula is C26H25BrF3NO3. The van der Waals surface area contributed by atoms with Crippen LogP contribution in [0.15, 0.2) is 45.3 Å². The lowest BCUT2D eigenvalue weighted by Gasteiger charge is -2.42. The van der Waals surface area contributed by atoms with Crippen LogP contribution in [0.2, 0.25) is 0 Å². The molecule has 0 fully saturated rings. The first-order chi connectivity index (χ1) is 16.0. The second kappa shape index (κ2) is 9.23.